The average molecular weight is 749 g/mol. The second-order valence-electron chi connectivity index (χ2n) is 15.6. The molecule has 11 aromatic rings. The number of para-hydroxylation sites is 2. The first-order chi connectivity index (χ1) is 28.4. The third kappa shape index (κ3) is 5.44. The Morgan fingerprint density at radius 1 is 0.310 bits per heavy atom. The minimum Gasteiger partial charge on any atom is -0.456 e. The van der Waals surface area contributed by atoms with Gasteiger partial charge in [0.1, 0.15) is 22.3 Å². The van der Waals surface area contributed by atoms with E-state index in [4.69, 9.17) is 8.83 Å². The molecule has 0 N–H and O–H groups in total. The molecule has 4 nitrogen and oxygen atoms in total. The number of hydrogen-bond donors (Lipinski definition) is 0. The predicted molar refractivity (Wildman–Crippen MR) is 244 cm³/mol. The Bertz CT molecular complexity index is 3170. The molecule has 4 heteroatoms. The molecule has 0 aliphatic heterocycles. The normalized spacial score (nSPS) is 11.8. The highest BCUT2D eigenvalue weighted by molar-refractivity contribution is 6.18. The molecule has 0 aliphatic carbocycles. The smallest absolute Gasteiger partial charge is 0.139 e. The highest BCUT2D eigenvalue weighted by Crippen LogP contribution is 2.43. The van der Waals surface area contributed by atoms with E-state index in [1.807, 2.05) is 0 Å². The summed E-state index contributed by atoms with van der Waals surface area (Å²) in [5.41, 5.74) is 15.2. The van der Waals surface area contributed by atoms with Crippen LogP contribution in [0.2, 0.25) is 0 Å². The monoisotopic (exact) mass is 748 g/mol. The zero-order valence-corrected chi connectivity index (χ0v) is 32.9. The van der Waals surface area contributed by atoms with Crippen molar-refractivity contribution in [2.45, 2.75) is 27.7 Å². The molecule has 2 heterocycles. The molecule has 58 heavy (non-hydrogen) atoms. The number of fused-ring (bicyclic) bond motifs is 8. The van der Waals surface area contributed by atoms with Crippen molar-refractivity contribution in [1.29, 1.82) is 0 Å². The maximum atomic E-state index is 6.61. The van der Waals surface area contributed by atoms with E-state index in [0.29, 0.717) is 0 Å². The summed E-state index contributed by atoms with van der Waals surface area (Å²) in [7, 11) is 0. The summed E-state index contributed by atoms with van der Waals surface area (Å²) >= 11 is 0. The number of nitrogens with zero attached hydrogens (tertiary/aromatic N) is 2. The molecule has 0 aliphatic rings. The number of anilines is 6. The largest absolute Gasteiger partial charge is 0.456 e. The van der Waals surface area contributed by atoms with Crippen LogP contribution in [0.5, 0.6) is 0 Å². The lowest BCUT2D eigenvalue weighted by Crippen LogP contribution is -2.11. The van der Waals surface area contributed by atoms with Gasteiger partial charge in [0.25, 0.3) is 0 Å². The Kier molecular flexibility index (Phi) is 7.70. The van der Waals surface area contributed by atoms with E-state index in [9.17, 15) is 0 Å². The van der Waals surface area contributed by atoms with Crippen molar-refractivity contribution in [3.63, 3.8) is 0 Å². The Balaban J connectivity index is 1.01. The summed E-state index contributed by atoms with van der Waals surface area (Å²) in [5.74, 6) is 0. The van der Waals surface area contributed by atoms with Crippen LogP contribution in [0.25, 0.3) is 65.4 Å². The molecule has 2 aromatic heterocycles. The molecule has 0 atom stereocenters. The second kappa shape index (κ2) is 13.1. The van der Waals surface area contributed by atoms with Crippen LogP contribution in [0, 0.1) is 27.7 Å². The van der Waals surface area contributed by atoms with Crippen LogP contribution in [0.1, 0.15) is 22.3 Å². The maximum Gasteiger partial charge on any atom is 0.139 e. The lowest BCUT2D eigenvalue weighted by atomic mass is 10.0. The molecule has 0 spiro atoms. The molecule has 11 rings (SSSR count). The van der Waals surface area contributed by atoms with Gasteiger partial charge in [0.05, 0.1) is 0 Å². The van der Waals surface area contributed by atoms with Crippen LogP contribution in [0.15, 0.2) is 179 Å². The first-order valence-electron chi connectivity index (χ1n) is 19.9. The number of hydrogen-bond acceptors (Lipinski definition) is 4. The molecular formula is C54H40N2O2. The van der Waals surface area contributed by atoms with E-state index < -0.39 is 0 Å². The standard InChI is InChI=1S/C54H40N2O2/c1-33-13-11-19-49(35(33)3)55(41-15-7-5-8-16-41)43-23-21-37-27-45-47-31-48-46-28-38-22-24-44(56(42-17-9-6-10-18-42)50-20-12-14-34(2)36(50)4)26-40(38)30-52(46)58-54(48)32-53(47)57-51(45)29-39(37)25-43/h5-32H,1-4H3. The molecule has 278 valence electrons. The van der Waals surface area contributed by atoms with Crippen LogP contribution in [-0.2, 0) is 0 Å². The number of benzene rings is 9. The number of aryl methyl sites for hydroxylation is 2. The quantitative estimate of drug-likeness (QED) is 0.170. The lowest BCUT2D eigenvalue weighted by Gasteiger charge is -2.28. The van der Waals surface area contributed by atoms with Crippen molar-refractivity contribution >= 4 is 99.5 Å². The van der Waals surface area contributed by atoms with Crippen LogP contribution in [-0.4, -0.2) is 0 Å². The molecule has 0 fully saturated rings. The Labute approximate surface area is 336 Å². The maximum absolute atomic E-state index is 6.61. The highest BCUT2D eigenvalue weighted by atomic mass is 16.3. The predicted octanol–water partition coefficient (Wildman–Crippen LogP) is 16.0. The summed E-state index contributed by atoms with van der Waals surface area (Å²) in [5, 5.41) is 8.93. The molecular weight excluding hydrogens is 709 g/mol. The Hall–Kier alpha value is -7.30. The van der Waals surface area contributed by atoms with Crippen LogP contribution in [0.3, 0.4) is 0 Å². The lowest BCUT2D eigenvalue weighted by molar-refractivity contribution is 0.656. The molecule has 0 bridgehead atoms. The number of rotatable bonds is 6. The van der Waals surface area contributed by atoms with Crippen LogP contribution in [0.4, 0.5) is 34.1 Å². The van der Waals surface area contributed by atoms with E-state index in [0.717, 1.165) is 88.2 Å². The third-order valence-corrected chi connectivity index (χ3v) is 12.1. The van der Waals surface area contributed by atoms with Crippen LogP contribution < -0.4 is 9.80 Å². The third-order valence-electron chi connectivity index (χ3n) is 12.1. The van der Waals surface area contributed by atoms with Gasteiger partial charge in [-0.15, -0.1) is 0 Å². The van der Waals surface area contributed by atoms with Gasteiger partial charge in [-0.1, -0.05) is 72.8 Å². The van der Waals surface area contributed by atoms with Gasteiger partial charge >= 0.3 is 0 Å². The molecule has 0 amide bonds. The fourth-order valence-corrected chi connectivity index (χ4v) is 8.75. The van der Waals surface area contributed by atoms with E-state index in [-0.39, 0.29) is 0 Å². The fourth-order valence-electron chi connectivity index (χ4n) is 8.75. The topological polar surface area (TPSA) is 32.8 Å². The molecule has 0 radical (unpaired) electrons. The van der Waals surface area contributed by atoms with Gasteiger partial charge in [0.2, 0.25) is 0 Å². The summed E-state index contributed by atoms with van der Waals surface area (Å²) in [6, 6.07) is 60.9. The summed E-state index contributed by atoms with van der Waals surface area (Å²) in [6.45, 7) is 8.74. The van der Waals surface area contributed by atoms with Gasteiger partial charge in [0.15, 0.2) is 0 Å². The van der Waals surface area contributed by atoms with E-state index >= 15 is 0 Å². The van der Waals surface area contributed by atoms with Crippen LogP contribution >= 0.6 is 0 Å². The minimum absolute atomic E-state index is 0.817. The van der Waals surface area contributed by atoms with Crippen molar-refractivity contribution in [3.8, 4) is 0 Å². The highest BCUT2D eigenvalue weighted by Gasteiger charge is 2.20. The Morgan fingerprint density at radius 3 is 1.17 bits per heavy atom. The zero-order valence-electron chi connectivity index (χ0n) is 32.9. The van der Waals surface area contributed by atoms with Crippen molar-refractivity contribution in [3.05, 3.63) is 192 Å². The first-order valence-corrected chi connectivity index (χ1v) is 19.9. The van der Waals surface area contributed by atoms with Crippen molar-refractivity contribution in [2.75, 3.05) is 9.80 Å². The van der Waals surface area contributed by atoms with Crippen molar-refractivity contribution in [2.24, 2.45) is 0 Å². The first kappa shape index (κ1) is 34.0. The molecule has 0 saturated heterocycles. The number of furan rings is 2. The molecule has 0 saturated carbocycles. The van der Waals surface area contributed by atoms with Gasteiger partial charge in [0, 0.05) is 61.7 Å². The fraction of sp³-hybridized carbons (Fsp3) is 0.0741. The molecule has 0 unspecified atom stereocenters. The minimum atomic E-state index is 0.817. The van der Waals surface area contributed by atoms with Gasteiger partial charge in [-0.25, -0.2) is 0 Å². The van der Waals surface area contributed by atoms with Crippen molar-refractivity contribution in [1.82, 2.24) is 0 Å². The summed E-state index contributed by atoms with van der Waals surface area (Å²) in [4.78, 5) is 4.69. The van der Waals surface area contributed by atoms with E-state index in [2.05, 4.69) is 207 Å². The summed E-state index contributed by atoms with van der Waals surface area (Å²) < 4.78 is 13.2. The van der Waals surface area contributed by atoms with Gasteiger partial charge in [-0.2, -0.15) is 0 Å². The van der Waals surface area contributed by atoms with Gasteiger partial charge in [-0.05, 0) is 162 Å². The van der Waals surface area contributed by atoms with E-state index in [1.165, 1.54) is 33.6 Å². The Morgan fingerprint density at radius 2 is 0.724 bits per heavy atom. The van der Waals surface area contributed by atoms with Gasteiger partial charge in [-0.3, -0.25) is 0 Å². The van der Waals surface area contributed by atoms with E-state index in [1.54, 1.807) is 0 Å². The van der Waals surface area contributed by atoms with Gasteiger partial charge < -0.3 is 18.6 Å². The zero-order chi connectivity index (χ0) is 39.1. The summed E-state index contributed by atoms with van der Waals surface area (Å²) in [6.07, 6.45) is 0. The SMILES string of the molecule is Cc1cccc(N(c2ccccc2)c2ccc3cc4c(cc3c2)oc2cc3oc5cc6cc(N(c7ccccc7)c7cccc(C)c7C)ccc6cc5c3cc24)c1C. The second-order valence-corrected chi connectivity index (χ2v) is 15.6. The average Bonchev–Trinajstić information content (AvgIpc) is 3.77. The van der Waals surface area contributed by atoms with Crippen molar-refractivity contribution < 1.29 is 8.83 Å². The molecule has 9 aromatic carbocycles.